The molecule has 1 aliphatic heterocycles. The van der Waals surface area contributed by atoms with E-state index in [1.54, 1.807) is 16.0 Å². The highest BCUT2D eigenvalue weighted by molar-refractivity contribution is 5.87. The van der Waals surface area contributed by atoms with Crippen molar-refractivity contribution in [2.75, 3.05) is 18.0 Å². The van der Waals surface area contributed by atoms with Crippen molar-refractivity contribution in [2.24, 2.45) is 0 Å². The number of rotatable bonds is 6. The Morgan fingerprint density at radius 2 is 2.24 bits per heavy atom. The lowest BCUT2D eigenvalue weighted by Gasteiger charge is -2.30. The number of pyridine rings is 1. The summed E-state index contributed by atoms with van der Waals surface area (Å²) in [6.45, 7) is 8.93. The maximum absolute atomic E-state index is 12.8. The molecule has 0 unspecified atom stereocenters. The van der Waals surface area contributed by atoms with Gasteiger partial charge in [-0.1, -0.05) is 19.4 Å². The van der Waals surface area contributed by atoms with Crippen LogP contribution in [0.2, 0.25) is 0 Å². The molecule has 1 aromatic heterocycles. The number of unbranched alkanes of at least 4 members (excludes halogenated alkanes) is 1. The fraction of sp³-hybridized carbons (Fsp3) is 0.632. The molecule has 1 saturated heterocycles. The lowest BCUT2D eigenvalue weighted by atomic mass is 10.0. The first-order valence-corrected chi connectivity index (χ1v) is 9.04. The zero-order chi connectivity index (χ0) is 18.4. The predicted octanol–water partition coefficient (Wildman–Crippen LogP) is 3.92. The van der Waals surface area contributed by atoms with E-state index in [0.717, 1.165) is 44.2 Å². The average molecular weight is 347 g/mol. The van der Waals surface area contributed by atoms with Crippen molar-refractivity contribution in [2.45, 2.75) is 65.0 Å². The summed E-state index contributed by atoms with van der Waals surface area (Å²) in [6, 6.07) is 3.78. The number of likely N-dealkylation sites (tertiary alicyclic amines) is 1. The standard InChI is InChI=1S/C19H29N3O3/c1-5-6-13-22(18(24)25-19(2,3)4)17-15(9-7-11-20-17)16-10-8-12-21(16)14-23/h7,9,11,14,16H,5-6,8,10,12-13H2,1-4H3/t16-/m0/s1. The molecule has 0 radical (unpaired) electrons. The van der Waals surface area contributed by atoms with Gasteiger partial charge in [0.15, 0.2) is 0 Å². The van der Waals surface area contributed by atoms with E-state index in [1.165, 1.54) is 0 Å². The molecule has 0 spiro atoms. The smallest absolute Gasteiger partial charge is 0.416 e. The van der Waals surface area contributed by atoms with Crippen molar-refractivity contribution >= 4 is 18.3 Å². The normalized spacial score (nSPS) is 17.4. The summed E-state index contributed by atoms with van der Waals surface area (Å²) in [5.74, 6) is 0.601. The average Bonchev–Trinajstić information content (AvgIpc) is 3.02. The summed E-state index contributed by atoms with van der Waals surface area (Å²) >= 11 is 0. The molecule has 138 valence electrons. The fourth-order valence-electron chi connectivity index (χ4n) is 3.06. The van der Waals surface area contributed by atoms with Crippen molar-refractivity contribution < 1.29 is 14.3 Å². The minimum Gasteiger partial charge on any atom is -0.443 e. The minimum absolute atomic E-state index is 0.0345. The van der Waals surface area contributed by atoms with Gasteiger partial charge < -0.3 is 9.64 Å². The van der Waals surface area contributed by atoms with Crippen LogP contribution in [0.5, 0.6) is 0 Å². The summed E-state index contributed by atoms with van der Waals surface area (Å²) in [4.78, 5) is 32.0. The molecule has 6 heteroatoms. The number of hydrogen-bond donors (Lipinski definition) is 0. The molecule has 2 amide bonds. The summed E-state index contributed by atoms with van der Waals surface area (Å²) in [7, 11) is 0. The summed E-state index contributed by atoms with van der Waals surface area (Å²) in [6.07, 6.45) is 5.84. The second-order valence-corrected chi connectivity index (χ2v) is 7.40. The van der Waals surface area contributed by atoms with Gasteiger partial charge >= 0.3 is 6.09 Å². The Morgan fingerprint density at radius 3 is 2.88 bits per heavy atom. The Hall–Kier alpha value is -2.11. The van der Waals surface area contributed by atoms with Crippen LogP contribution in [0.25, 0.3) is 0 Å². The lowest BCUT2D eigenvalue weighted by Crippen LogP contribution is -2.39. The summed E-state index contributed by atoms with van der Waals surface area (Å²) in [5, 5.41) is 0. The van der Waals surface area contributed by atoms with E-state index in [-0.39, 0.29) is 6.04 Å². The lowest BCUT2D eigenvalue weighted by molar-refractivity contribution is -0.118. The number of hydrogen-bond acceptors (Lipinski definition) is 4. The Balaban J connectivity index is 2.36. The first kappa shape index (κ1) is 19.2. The molecule has 0 bridgehead atoms. The molecule has 25 heavy (non-hydrogen) atoms. The third kappa shape index (κ3) is 4.94. The van der Waals surface area contributed by atoms with Gasteiger partial charge in [0.05, 0.1) is 6.04 Å². The Kier molecular flexibility index (Phi) is 6.39. The molecule has 1 atom stereocenters. The van der Waals surface area contributed by atoms with E-state index in [4.69, 9.17) is 4.74 Å². The molecule has 1 fully saturated rings. The van der Waals surface area contributed by atoms with Gasteiger partial charge in [0.1, 0.15) is 11.4 Å². The fourth-order valence-corrected chi connectivity index (χ4v) is 3.06. The van der Waals surface area contributed by atoms with E-state index in [1.807, 2.05) is 32.9 Å². The summed E-state index contributed by atoms with van der Waals surface area (Å²) < 4.78 is 5.59. The van der Waals surface area contributed by atoms with Gasteiger partial charge in [-0.15, -0.1) is 0 Å². The molecular weight excluding hydrogens is 318 g/mol. The number of amides is 2. The van der Waals surface area contributed by atoms with Crippen LogP contribution in [0, 0.1) is 0 Å². The van der Waals surface area contributed by atoms with Crippen molar-refractivity contribution in [3.63, 3.8) is 0 Å². The first-order valence-electron chi connectivity index (χ1n) is 9.04. The van der Waals surface area contributed by atoms with Crippen LogP contribution in [0.4, 0.5) is 10.6 Å². The molecule has 0 aliphatic carbocycles. The molecule has 0 N–H and O–H groups in total. The largest absolute Gasteiger partial charge is 0.443 e. The number of nitrogens with zero attached hydrogens (tertiary/aromatic N) is 3. The van der Waals surface area contributed by atoms with Gasteiger partial charge in [-0.3, -0.25) is 9.69 Å². The van der Waals surface area contributed by atoms with Crippen molar-refractivity contribution in [1.29, 1.82) is 0 Å². The van der Waals surface area contributed by atoms with Gasteiger partial charge in [-0.05, 0) is 46.1 Å². The predicted molar refractivity (Wildman–Crippen MR) is 97.5 cm³/mol. The first-order chi connectivity index (χ1) is 11.9. The molecule has 2 rings (SSSR count). The summed E-state index contributed by atoms with van der Waals surface area (Å²) in [5.41, 5.74) is 0.340. The van der Waals surface area contributed by atoms with Crippen LogP contribution in [-0.4, -0.2) is 41.1 Å². The zero-order valence-electron chi connectivity index (χ0n) is 15.7. The van der Waals surface area contributed by atoms with Gasteiger partial charge in [0.25, 0.3) is 0 Å². The molecule has 2 heterocycles. The van der Waals surface area contributed by atoms with Crippen LogP contribution in [0.1, 0.15) is 65.0 Å². The maximum atomic E-state index is 12.8. The quantitative estimate of drug-likeness (QED) is 0.732. The number of ether oxygens (including phenoxy) is 1. The Labute approximate surface area is 150 Å². The Bertz CT molecular complexity index is 598. The van der Waals surface area contributed by atoms with Crippen molar-refractivity contribution in [1.82, 2.24) is 9.88 Å². The van der Waals surface area contributed by atoms with Crippen LogP contribution < -0.4 is 4.90 Å². The zero-order valence-corrected chi connectivity index (χ0v) is 15.7. The highest BCUT2D eigenvalue weighted by Crippen LogP contribution is 2.35. The van der Waals surface area contributed by atoms with Crippen LogP contribution in [0.3, 0.4) is 0 Å². The second kappa shape index (κ2) is 8.32. The monoisotopic (exact) mass is 347 g/mol. The number of aromatic nitrogens is 1. The highest BCUT2D eigenvalue weighted by Gasteiger charge is 2.31. The second-order valence-electron chi connectivity index (χ2n) is 7.40. The van der Waals surface area contributed by atoms with Crippen molar-refractivity contribution in [3.05, 3.63) is 23.9 Å². The van der Waals surface area contributed by atoms with E-state index >= 15 is 0 Å². The number of carbonyl (C=O) groups excluding carboxylic acids is 2. The van der Waals surface area contributed by atoms with E-state index in [0.29, 0.717) is 12.4 Å². The van der Waals surface area contributed by atoms with Crippen LogP contribution in [0.15, 0.2) is 18.3 Å². The molecule has 0 aromatic carbocycles. The molecule has 1 aliphatic rings. The van der Waals surface area contributed by atoms with Crippen molar-refractivity contribution in [3.8, 4) is 0 Å². The molecule has 6 nitrogen and oxygen atoms in total. The topological polar surface area (TPSA) is 62.7 Å². The van der Waals surface area contributed by atoms with Gasteiger partial charge in [0, 0.05) is 24.8 Å². The van der Waals surface area contributed by atoms with Gasteiger partial charge in [-0.2, -0.15) is 0 Å². The SMILES string of the molecule is CCCCN(C(=O)OC(C)(C)C)c1ncccc1[C@@H]1CCCN1C=O. The molecule has 1 aromatic rings. The van der Waals surface area contributed by atoms with E-state index in [2.05, 4.69) is 11.9 Å². The van der Waals surface area contributed by atoms with Gasteiger partial charge in [0.2, 0.25) is 6.41 Å². The van der Waals surface area contributed by atoms with Crippen LogP contribution in [-0.2, 0) is 9.53 Å². The maximum Gasteiger partial charge on any atom is 0.416 e. The Morgan fingerprint density at radius 1 is 1.48 bits per heavy atom. The third-order valence-corrected chi connectivity index (χ3v) is 4.21. The highest BCUT2D eigenvalue weighted by atomic mass is 16.6. The number of carbonyl (C=O) groups is 2. The van der Waals surface area contributed by atoms with E-state index in [9.17, 15) is 9.59 Å². The van der Waals surface area contributed by atoms with Crippen LogP contribution >= 0.6 is 0 Å². The third-order valence-electron chi connectivity index (χ3n) is 4.21. The van der Waals surface area contributed by atoms with Gasteiger partial charge in [-0.25, -0.2) is 9.78 Å². The van der Waals surface area contributed by atoms with E-state index < -0.39 is 11.7 Å². The molecular formula is C19H29N3O3. The minimum atomic E-state index is -0.571. The molecule has 0 saturated carbocycles. The number of anilines is 1.